The smallest absolute Gasteiger partial charge is 0.168 e. The summed E-state index contributed by atoms with van der Waals surface area (Å²) >= 11 is 4.59. The summed E-state index contributed by atoms with van der Waals surface area (Å²) in [6, 6.07) is 4.53. The minimum Gasteiger partial charge on any atom is -0.376 e. The molecule has 0 aliphatic rings. The Balaban J connectivity index is 3.03. The molecule has 3 N–H and O–H groups in total. The average Bonchev–Trinajstić information content (AvgIpc) is 2.08. The molecule has 0 amide bonds. The zero-order valence-corrected chi connectivity index (χ0v) is 7.70. The molecule has 1 aromatic rings. The number of benzene rings is 1. The number of nitrogens with two attached hydrogens (primary N) is 1. The largest absolute Gasteiger partial charge is 0.376 e. The van der Waals surface area contributed by atoms with E-state index < -0.39 is 5.82 Å². The molecular weight excluding hydrogens is 187 g/mol. The van der Waals surface area contributed by atoms with Crippen LogP contribution in [0.3, 0.4) is 0 Å². The SMILES string of the molecule is C=Cc1ccc(F)c(NC(N)=S)c1. The number of hydrogen-bond donors (Lipinski definition) is 2. The van der Waals surface area contributed by atoms with Gasteiger partial charge in [0, 0.05) is 0 Å². The summed E-state index contributed by atoms with van der Waals surface area (Å²) in [4.78, 5) is 0. The lowest BCUT2D eigenvalue weighted by atomic mass is 10.2. The van der Waals surface area contributed by atoms with Crippen molar-refractivity contribution in [3.05, 3.63) is 36.2 Å². The second kappa shape index (κ2) is 4.00. The molecule has 2 nitrogen and oxygen atoms in total. The van der Waals surface area contributed by atoms with Gasteiger partial charge in [0.2, 0.25) is 0 Å². The molecule has 4 heteroatoms. The number of thiocarbonyl (C=S) groups is 1. The predicted molar refractivity (Wildman–Crippen MR) is 56.9 cm³/mol. The number of anilines is 1. The molecule has 1 rings (SSSR count). The third kappa shape index (κ3) is 2.52. The minimum atomic E-state index is -0.390. The fraction of sp³-hybridized carbons (Fsp3) is 0. The van der Waals surface area contributed by atoms with Crippen molar-refractivity contribution in [2.24, 2.45) is 5.73 Å². The van der Waals surface area contributed by atoms with Crippen molar-refractivity contribution in [2.75, 3.05) is 5.32 Å². The Labute approximate surface area is 81.3 Å². The molecule has 0 saturated heterocycles. The second-order valence-corrected chi connectivity index (χ2v) is 2.87. The molecule has 0 bridgehead atoms. The molecule has 68 valence electrons. The molecule has 13 heavy (non-hydrogen) atoms. The first-order valence-electron chi connectivity index (χ1n) is 3.62. The van der Waals surface area contributed by atoms with E-state index in [9.17, 15) is 4.39 Å². The van der Waals surface area contributed by atoms with Crippen LogP contribution in [-0.4, -0.2) is 5.11 Å². The summed E-state index contributed by atoms with van der Waals surface area (Å²) in [6.45, 7) is 3.57. The van der Waals surface area contributed by atoms with Gasteiger partial charge in [0.15, 0.2) is 5.11 Å². The maximum atomic E-state index is 13.1. The van der Waals surface area contributed by atoms with Gasteiger partial charge >= 0.3 is 0 Å². The van der Waals surface area contributed by atoms with Crippen LogP contribution >= 0.6 is 12.2 Å². The lowest BCUT2D eigenvalue weighted by Crippen LogP contribution is -2.19. The van der Waals surface area contributed by atoms with Crippen molar-refractivity contribution < 1.29 is 4.39 Å². The van der Waals surface area contributed by atoms with Crippen molar-refractivity contribution >= 4 is 29.1 Å². The van der Waals surface area contributed by atoms with Crippen LogP contribution in [0.4, 0.5) is 10.1 Å². The molecule has 1 aromatic carbocycles. The van der Waals surface area contributed by atoms with E-state index in [0.29, 0.717) is 0 Å². The van der Waals surface area contributed by atoms with E-state index in [1.807, 2.05) is 0 Å². The van der Waals surface area contributed by atoms with Crippen LogP contribution in [0.5, 0.6) is 0 Å². The predicted octanol–water partition coefficient (Wildman–Crippen LogP) is 2.12. The van der Waals surface area contributed by atoms with Crippen LogP contribution in [0.25, 0.3) is 6.08 Å². The monoisotopic (exact) mass is 196 g/mol. The van der Waals surface area contributed by atoms with Crippen molar-refractivity contribution in [3.63, 3.8) is 0 Å². The van der Waals surface area contributed by atoms with Crippen LogP contribution in [0.15, 0.2) is 24.8 Å². The highest BCUT2D eigenvalue weighted by Gasteiger charge is 2.01. The highest BCUT2D eigenvalue weighted by molar-refractivity contribution is 7.80. The second-order valence-electron chi connectivity index (χ2n) is 2.43. The molecule has 0 heterocycles. The lowest BCUT2D eigenvalue weighted by Gasteiger charge is -2.05. The van der Waals surface area contributed by atoms with E-state index in [1.165, 1.54) is 6.07 Å². The number of nitrogens with one attached hydrogen (secondary N) is 1. The van der Waals surface area contributed by atoms with Gasteiger partial charge in [-0.1, -0.05) is 18.7 Å². The first kappa shape index (κ1) is 9.67. The third-order valence-electron chi connectivity index (χ3n) is 1.48. The first-order chi connectivity index (χ1) is 6.13. The zero-order chi connectivity index (χ0) is 9.84. The lowest BCUT2D eigenvalue weighted by molar-refractivity contribution is 0.632. The highest BCUT2D eigenvalue weighted by atomic mass is 32.1. The summed E-state index contributed by atoms with van der Waals surface area (Å²) in [5.41, 5.74) is 6.29. The first-order valence-corrected chi connectivity index (χ1v) is 4.02. The van der Waals surface area contributed by atoms with Gasteiger partial charge in [-0.05, 0) is 29.9 Å². The molecule has 0 aromatic heterocycles. The summed E-state index contributed by atoms with van der Waals surface area (Å²) in [5, 5.41) is 2.58. The topological polar surface area (TPSA) is 38.0 Å². The van der Waals surface area contributed by atoms with Gasteiger partial charge in [0.25, 0.3) is 0 Å². The van der Waals surface area contributed by atoms with E-state index in [0.717, 1.165) is 5.56 Å². The Bertz CT molecular complexity index is 349. The third-order valence-corrected chi connectivity index (χ3v) is 1.59. The Morgan fingerprint density at radius 3 is 2.85 bits per heavy atom. The molecule has 0 unspecified atom stereocenters. The maximum absolute atomic E-state index is 13.1. The standard InChI is InChI=1S/C9H9FN2S/c1-2-6-3-4-7(10)8(5-6)12-9(11)13/h2-5H,1H2,(H3,11,12,13). The summed E-state index contributed by atoms with van der Waals surface area (Å²) in [5.74, 6) is -0.390. The Kier molecular flexibility index (Phi) is 2.97. The molecule has 0 spiro atoms. The van der Waals surface area contributed by atoms with Crippen molar-refractivity contribution in [1.82, 2.24) is 0 Å². The van der Waals surface area contributed by atoms with Crippen LogP contribution in [-0.2, 0) is 0 Å². The van der Waals surface area contributed by atoms with E-state index in [4.69, 9.17) is 5.73 Å². The summed E-state index contributed by atoms with van der Waals surface area (Å²) < 4.78 is 13.1. The maximum Gasteiger partial charge on any atom is 0.168 e. The fourth-order valence-corrected chi connectivity index (χ4v) is 1.01. The summed E-state index contributed by atoms with van der Waals surface area (Å²) in [6.07, 6.45) is 1.62. The van der Waals surface area contributed by atoms with Gasteiger partial charge in [-0.15, -0.1) is 0 Å². The Morgan fingerprint density at radius 1 is 1.62 bits per heavy atom. The van der Waals surface area contributed by atoms with Crippen molar-refractivity contribution in [3.8, 4) is 0 Å². The van der Waals surface area contributed by atoms with E-state index in [2.05, 4.69) is 24.1 Å². The van der Waals surface area contributed by atoms with Crippen LogP contribution in [0, 0.1) is 5.82 Å². The van der Waals surface area contributed by atoms with Gasteiger partial charge in [-0.25, -0.2) is 4.39 Å². The summed E-state index contributed by atoms with van der Waals surface area (Å²) in [7, 11) is 0. The Morgan fingerprint density at radius 2 is 2.31 bits per heavy atom. The van der Waals surface area contributed by atoms with Crippen molar-refractivity contribution in [2.45, 2.75) is 0 Å². The fourth-order valence-electron chi connectivity index (χ4n) is 0.898. The average molecular weight is 196 g/mol. The van der Waals surface area contributed by atoms with Gasteiger partial charge in [-0.2, -0.15) is 0 Å². The van der Waals surface area contributed by atoms with E-state index >= 15 is 0 Å². The molecule has 0 aliphatic carbocycles. The van der Waals surface area contributed by atoms with E-state index in [-0.39, 0.29) is 10.8 Å². The molecule has 0 fully saturated rings. The van der Waals surface area contributed by atoms with E-state index in [1.54, 1.807) is 18.2 Å². The van der Waals surface area contributed by atoms with Crippen molar-refractivity contribution in [1.29, 1.82) is 0 Å². The van der Waals surface area contributed by atoms with Crippen LogP contribution in [0.2, 0.25) is 0 Å². The molecule has 0 radical (unpaired) electrons. The quantitative estimate of drug-likeness (QED) is 0.711. The normalized spacial score (nSPS) is 9.31. The van der Waals surface area contributed by atoms with Crippen LogP contribution in [0.1, 0.15) is 5.56 Å². The zero-order valence-electron chi connectivity index (χ0n) is 6.88. The molecule has 0 aliphatic heterocycles. The van der Waals surface area contributed by atoms with Gasteiger partial charge in [0.05, 0.1) is 5.69 Å². The van der Waals surface area contributed by atoms with Crippen LogP contribution < -0.4 is 11.1 Å². The van der Waals surface area contributed by atoms with Gasteiger partial charge in [-0.3, -0.25) is 0 Å². The number of rotatable bonds is 2. The minimum absolute atomic E-state index is 0.0418. The molecular formula is C9H9FN2S. The molecule has 0 atom stereocenters. The highest BCUT2D eigenvalue weighted by Crippen LogP contribution is 2.16. The van der Waals surface area contributed by atoms with Gasteiger partial charge in [0.1, 0.15) is 5.82 Å². The van der Waals surface area contributed by atoms with Gasteiger partial charge < -0.3 is 11.1 Å². The number of hydrogen-bond acceptors (Lipinski definition) is 1. The number of halogens is 1. The Hall–Kier alpha value is -1.42. The molecule has 0 saturated carbocycles.